The van der Waals surface area contributed by atoms with Crippen LogP contribution in [0.5, 0.6) is 5.75 Å². The number of benzene rings is 3. The molecule has 146 valence electrons. The number of hydrogen-bond donors (Lipinski definition) is 2. The molecule has 0 atom stereocenters. The molecule has 0 aliphatic heterocycles. The van der Waals surface area contributed by atoms with Gasteiger partial charge < -0.3 is 10.1 Å². The van der Waals surface area contributed by atoms with Crippen molar-refractivity contribution in [3.8, 4) is 5.75 Å². The Morgan fingerprint density at radius 3 is 2.36 bits per heavy atom. The van der Waals surface area contributed by atoms with Crippen LogP contribution in [0.1, 0.15) is 5.56 Å². The van der Waals surface area contributed by atoms with Crippen LogP contribution in [-0.4, -0.2) is 15.5 Å². The van der Waals surface area contributed by atoms with Crippen molar-refractivity contribution in [1.29, 1.82) is 0 Å². The van der Waals surface area contributed by atoms with Crippen LogP contribution in [0.15, 0.2) is 71.6 Å². The van der Waals surface area contributed by atoms with Gasteiger partial charge in [-0.1, -0.05) is 47.5 Å². The fraction of sp³-hybridized carbons (Fsp3) is 0.100. The number of nitrogens with one attached hydrogen (secondary N) is 2. The first-order valence-corrected chi connectivity index (χ1v) is 10.6. The van der Waals surface area contributed by atoms with Crippen LogP contribution < -0.4 is 14.8 Å². The Morgan fingerprint density at radius 1 is 0.929 bits per heavy atom. The molecule has 28 heavy (non-hydrogen) atoms. The summed E-state index contributed by atoms with van der Waals surface area (Å²) in [7, 11) is -2.38. The molecule has 3 aromatic rings. The van der Waals surface area contributed by atoms with Gasteiger partial charge in [0.1, 0.15) is 5.75 Å². The van der Waals surface area contributed by atoms with E-state index in [0.29, 0.717) is 18.0 Å². The van der Waals surface area contributed by atoms with E-state index in [2.05, 4.69) is 10.0 Å². The second-order valence-corrected chi connectivity index (χ2v) is 8.43. The van der Waals surface area contributed by atoms with Crippen LogP contribution in [0, 0.1) is 0 Å². The Hall–Kier alpha value is -2.41. The number of anilines is 2. The van der Waals surface area contributed by atoms with E-state index in [1.165, 1.54) is 25.3 Å². The molecule has 0 radical (unpaired) electrons. The molecule has 0 saturated carbocycles. The summed E-state index contributed by atoms with van der Waals surface area (Å²) >= 11 is 11.8. The molecule has 0 bridgehead atoms. The molecule has 3 aromatic carbocycles. The number of rotatable bonds is 7. The minimum Gasteiger partial charge on any atom is -0.495 e. The Balaban J connectivity index is 1.84. The SMILES string of the molecule is COc1ccc(CNc2ccccc2)cc1NS(=O)(=O)c1ccc(Cl)c(Cl)c1. The molecule has 0 spiro atoms. The quantitative estimate of drug-likeness (QED) is 0.518. The first-order valence-electron chi connectivity index (χ1n) is 8.33. The van der Waals surface area contributed by atoms with Crippen molar-refractivity contribution >= 4 is 44.6 Å². The highest BCUT2D eigenvalue weighted by atomic mass is 35.5. The topological polar surface area (TPSA) is 67.4 Å². The van der Waals surface area contributed by atoms with E-state index < -0.39 is 10.0 Å². The van der Waals surface area contributed by atoms with Crippen molar-refractivity contribution < 1.29 is 13.2 Å². The molecule has 3 rings (SSSR count). The summed E-state index contributed by atoms with van der Waals surface area (Å²) < 4.78 is 33.3. The van der Waals surface area contributed by atoms with E-state index in [-0.39, 0.29) is 14.9 Å². The molecule has 0 saturated heterocycles. The van der Waals surface area contributed by atoms with E-state index in [1.807, 2.05) is 36.4 Å². The number of para-hydroxylation sites is 1. The summed E-state index contributed by atoms with van der Waals surface area (Å²) in [4.78, 5) is 0.0109. The monoisotopic (exact) mass is 436 g/mol. The second-order valence-electron chi connectivity index (χ2n) is 5.94. The van der Waals surface area contributed by atoms with Gasteiger partial charge in [0.15, 0.2) is 0 Å². The highest BCUT2D eigenvalue weighted by Crippen LogP contribution is 2.30. The van der Waals surface area contributed by atoms with Crippen molar-refractivity contribution in [2.24, 2.45) is 0 Å². The van der Waals surface area contributed by atoms with Crippen molar-refractivity contribution in [2.75, 3.05) is 17.1 Å². The normalized spacial score (nSPS) is 11.1. The van der Waals surface area contributed by atoms with E-state index in [4.69, 9.17) is 27.9 Å². The van der Waals surface area contributed by atoms with E-state index in [0.717, 1.165) is 11.3 Å². The lowest BCUT2D eigenvalue weighted by molar-refractivity contribution is 0.416. The molecular weight excluding hydrogens is 419 g/mol. The lowest BCUT2D eigenvalue weighted by Gasteiger charge is -2.14. The van der Waals surface area contributed by atoms with Gasteiger partial charge >= 0.3 is 0 Å². The smallest absolute Gasteiger partial charge is 0.262 e. The largest absolute Gasteiger partial charge is 0.495 e. The standard InChI is InChI=1S/C20H18Cl2N2O3S/c1-27-20-10-7-14(13-23-15-5-3-2-4-6-15)11-19(20)24-28(25,26)16-8-9-17(21)18(22)12-16/h2-12,23-24H,13H2,1H3. The first-order chi connectivity index (χ1) is 13.4. The molecule has 0 amide bonds. The van der Waals surface area contributed by atoms with Crippen LogP contribution in [0.25, 0.3) is 0 Å². The van der Waals surface area contributed by atoms with Crippen LogP contribution >= 0.6 is 23.2 Å². The summed E-state index contributed by atoms with van der Waals surface area (Å²) in [6.07, 6.45) is 0. The van der Waals surface area contributed by atoms with Crippen molar-refractivity contribution in [2.45, 2.75) is 11.4 Å². The second kappa shape index (κ2) is 8.73. The van der Waals surface area contributed by atoms with Crippen molar-refractivity contribution in [3.05, 3.63) is 82.3 Å². The Morgan fingerprint density at radius 2 is 1.68 bits per heavy atom. The molecule has 0 heterocycles. The molecule has 0 unspecified atom stereocenters. The van der Waals surface area contributed by atoms with Gasteiger partial charge in [-0.3, -0.25) is 4.72 Å². The highest BCUT2D eigenvalue weighted by Gasteiger charge is 2.18. The average Bonchev–Trinajstić information content (AvgIpc) is 2.69. The van der Waals surface area contributed by atoms with E-state index in [1.54, 1.807) is 12.1 Å². The van der Waals surface area contributed by atoms with Crippen LogP contribution in [-0.2, 0) is 16.6 Å². The number of sulfonamides is 1. The van der Waals surface area contributed by atoms with Gasteiger partial charge in [-0.2, -0.15) is 0 Å². The minimum absolute atomic E-state index is 0.0109. The molecular formula is C20H18Cl2N2O3S. The zero-order chi connectivity index (χ0) is 20.1. The third-order valence-electron chi connectivity index (χ3n) is 3.98. The summed E-state index contributed by atoms with van der Waals surface area (Å²) in [6.45, 7) is 0.523. The fourth-order valence-electron chi connectivity index (χ4n) is 2.55. The zero-order valence-corrected chi connectivity index (χ0v) is 17.3. The molecule has 0 aliphatic rings. The molecule has 0 aliphatic carbocycles. The zero-order valence-electron chi connectivity index (χ0n) is 14.9. The maximum absolute atomic E-state index is 12.7. The molecule has 5 nitrogen and oxygen atoms in total. The van der Waals surface area contributed by atoms with Crippen LogP contribution in [0.2, 0.25) is 10.0 Å². The van der Waals surface area contributed by atoms with E-state index in [9.17, 15) is 8.42 Å². The Kier molecular flexibility index (Phi) is 6.34. The summed E-state index contributed by atoms with van der Waals surface area (Å²) in [5, 5.41) is 3.73. The van der Waals surface area contributed by atoms with Gasteiger partial charge in [-0.05, 0) is 48.0 Å². The lowest BCUT2D eigenvalue weighted by atomic mass is 10.2. The van der Waals surface area contributed by atoms with Gasteiger partial charge in [0, 0.05) is 12.2 Å². The van der Waals surface area contributed by atoms with Crippen LogP contribution in [0.3, 0.4) is 0 Å². The Labute approximate surface area is 174 Å². The fourth-order valence-corrected chi connectivity index (χ4v) is 4.00. The lowest BCUT2D eigenvalue weighted by Crippen LogP contribution is -2.14. The Bertz CT molecular complexity index is 1070. The van der Waals surface area contributed by atoms with Crippen molar-refractivity contribution in [1.82, 2.24) is 0 Å². The number of hydrogen-bond acceptors (Lipinski definition) is 4. The molecule has 0 aromatic heterocycles. The maximum atomic E-state index is 12.7. The summed E-state index contributed by atoms with van der Waals surface area (Å²) in [6, 6.07) is 19.2. The predicted molar refractivity (Wildman–Crippen MR) is 114 cm³/mol. The maximum Gasteiger partial charge on any atom is 0.262 e. The summed E-state index contributed by atoms with van der Waals surface area (Å²) in [5.41, 5.74) is 2.19. The molecule has 2 N–H and O–H groups in total. The number of halogens is 2. The number of ether oxygens (including phenoxy) is 1. The van der Waals surface area contributed by atoms with Gasteiger partial charge in [-0.15, -0.1) is 0 Å². The van der Waals surface area contributed by atoms with Gasteiger partial charge in [0.2, 0.25) is 0 Å². The van der Waals surface area contributed by atoms with Gasteiger partial charge in [-0.25, -0.2) is 8.42 Å². The molecule has 8 heteroatoms. The molecule has 0 fully saturated rings. The summed E-state index contributed by atoms with van der Waals surface area (Å²) in [5.74, 6) is 0.409. The third kappa shape index (κ3) is 4.90. The average molecular weight is 437 g/mol. The predicted octanol–water partition coefficient (Wildman–Crippen LogP) is 5.41. The van der Waals surface area contributed by atoms with Gasteiger partial charge in [0.25, 0.3) is 10.0 Å². The third-order valence-corrected chi connectivity index (χ3v) is 6.08. The highest BCUT2D eigenvalue weighted by molar-refractivity contribution is 7.92. The van der Waals surface area contributed by atoms with Crippen molar-refractivity contribution in [3.63, 3.8) is 0 Å². The first kappa shape index (κ1) is 20.3. The number of methoxy groups -OCH3 is 1. The minimum atomic E-state index is -3.86. The van der Waals surface area contributed by atoms with E-state index >= 15 is 0 Å². The van der Waals surface area contributed by atoms with Crippen LogP contribution in [0.4, 0.5) is 11.4 Å². The van der Waals surface area contributed by atoms with Gasteiger partial charge in [0.05, 0.1) is 27.7 Å².